The van der Waals surface area contributed by atoms with Crippen LogP contribution in [0.2, 0.25) is 5.02 Å². The number of hydrogen-bond donors (Lipinski definition) is 0. The summed E-state index contributed by atoms with van der Waals surface area (Å²) < 4.78 is 11.4. The molecule has 0 aliphatic heterocycles. The predicted octanol–water partition coefficient (Wildman–Crippen LogP) is 5.61. The predicted molar refractivity (Wildman–Crippen MR) is 106 cm³/mol. The van der Waals surface area contributed by atoms with Crippen LogP contribution in [0.25, 0.3) is 11.5 Å². The van der Waals surface area contributed by atoms with Gasteiger partial charge >= 0.3 is 0 Å². The molecule has 3 aromatic carbocycles. The Hall–Kier alpha value is -3.44. The average Bonchev–Trinajstić information content (AvgIpc) is 3.17. The summed E-state index contributed by atoms with van der Waals surface area (Å²) in [5, 5.41) is 8.46. The molecule has 0 unspecified atom stereocenters. The van der Waals surface area contributed by atoms with Crippen LogP contribution in [0.3, 0.4) is 0 Å². The van der Waals surface area contributed by atoms with Gasteiger partial charge in [0.05, 0.1) is 17.0 Å². The van der Waals surface area contributed by atoms with Crippen molar-refractivity contribution in [1.82, 2.24) is 10.2 Å². The molecule has 28 heavy (non-hydrogen) atoms. The second kappa shape index (κ2) is 8.06. The van der Waals surface area contributed by atoms with Crippen LogP contribution in [-0.2, 0) is 6.42 Å². The topological polar surface area (TPSA) is 65.2 Å². The summed E-state index contributed by atoms with van der Waals surface area (Å²) in [7, 11) is 0. The molecule has 1 aromatic heterocycles. The Morgan fingerprint density at radius 1 is 0.893 bits per heavy atom. The molecule has 0 amide bonds. The van der Waals surface area contributed by atoms with Crippen LogP contribution in [0.1, 0.15) is 16.2 Å². The summed E-state index contributed by atoms with van der Waals surface area (Å²) in [6.45, 7) is 0. The van der Waals surface area contributed by atoms with E-state index in [0.29, 0.717) is 27.6 Å². The highest BCUT2D eigenvalue weighted by atomic mass is 35.5. The molecule has 138 valence electrons. The molecule has 0 aliphatic carbocycles. The summed E-state index contributed by atoms with van der Waals surface area (Å²) in [5.74, 6) is 1.66. The molecule has 0 spiro atoms. The normalized spacial score (nSPS) is 10.6. The summed E-state index contributed by atoms with van der Waals surface area (Å²) in [6, 6.07) is 23.5. The number of ketones is 1. The van der Waals surface area contributed by atoms with E-state index >= 15 is 0 Å². The minimum absolute atomic E-state index is 0.00770. The maximum absolute atomic E-state index is 12.6. The van der Waals surface area contributed by atoms with Crippen molar-refractivity contribution in [2.75, 3.05) is 0 Å². The Bertz CT molecular complexity index is 1110. The third-order valence-corrected chi connectivity index (χ3v) is 4.35. The number of carbonyl (C=O) groups excluding carboxylic acids is 1. The van der Waals surface area contributed by atoms with Crippen LogP contribution in [0.5, 0.6) is 11.5 Å². The fourth-order valence-electron chi connectivity index (χ4n) is 2.67. The Morgan fingerprint density at radius 2 is 1.64 bits per heavy atom. The molecule has 4 aromatic rings. The monoisotopic (exact) mass is 390 g/mol. The molecule has 0 saturated heterocycles. The molecule has 0 saturated carbocycles. The Balaban J connectivity index is 1.49. The van der Waals surface area contributed by atoms with E-state index in [1.54, 1.807) is 36.4 Å². The molecule has 0 N–H and O–H groups in total. The fourth-order valence-corrected chi connectivity index (χ4v) is 2.88. The summed E-state index contributed by atoms with van der Waals surface area (Å²) in [4.78, 5) is 12.6. The van der Waals surface area contributed by atoms with Crippen molar-refractivity contribution < 1.29 is 13.9 Å². The lowest BCUT2D eigenvalue weighted by molar-refractivity contribution is 0.0985. The van der Waals surface area contributed by atoms with Crippen molar-refractivity contribution in [2.45, 2.75) is 6.42 Å². The zero-order valence-corrected chi connectivity index (χ0v) is 15.5. The van der Waals surface area contributed by atoms with E-state index in [4.69, 9.17) is 20.8 Å². The largest absolute Gasteiger partial charge is 0.457 e. The van der Waals surface area contributed by atoms with Crippen LogP contribution < -0.4 is 4.74 Å². The van der Waals surface area contributed by atoms with Crippen molar-refractivity contribution >= 4 is 17.4 Å². The number of hydrogen-bond acceptors (Lipinski definition) is 5. The van der Waals surface area contributed by atoms with Crippen molar-refractivity contribution in [3.63, 3.8) is 0 Å². The number of halogens is 1. The highest BCUT2D eigenvalue weighted by Crippen LogP contribution is 2.27. The van der Waals surface area contributed by atoms with E-state index < -0.39 is 0 Å². The lowest BCUT2D eigenvalue weighted by atomic mass is 10.1. The number of aromatic nitrogens is 2. The van der Waals surface area contributed by atoms with E-state index in [9.17, 15) is 4.79 Å². The number of ether oxygens (including phenoxy) is 1. The first-order valence-corrected chi connectivity index (χ1v) is 9.00. The number of para-hydroxylation sites is 1. The van der Waals surface area contributed by atoms with E-state index in [1.807, 2.05) is 42.5 Å². The number of rotatable bonds is 6. The van der Waals surface area contributed by atoms with Crippen LogP contribution >= 0.6 is 11.6 Å². The number of nitrogens with zero attached hydrogens (tertiary/aromatic N) is 2. The lowest BCUT2D eigenvalue weighted by Crippen LogP contribution is -2.04. The van der Waals surface area contributed by atoms with Gasteiger partial charge in [0.15, 0.2) is 5.78 Å². The van der Waals surface area contributed by atoms with Gasteiger partial charge in [-0.1, -0.05) is 54.1 Å². The second-order valence-electron chi connectivity index (χ2n) is 6.02. The van der Waals surface area contributed by atoms with E-state index in [1.165, 1.54) is 0 Å². The first-order chi connectivity index (χ1) is 13.7. The Kier molecular flexibility index (Phi) is 5.17. The van der Waals surface area contributed by atoms with Crippen LogP contribution in [0.4, 0.5) is 0 Å². The van der Waals surface area contributed by atoms with Gasteiger partial charge in [-0.2, -0.15) is 0 Å². The van der Waals surface area contributed by atoms with Crippen molar-refractivity contribution in [2.24, 2.45) is 0 Å². The molecule has 5 nitrogen and oxygen atoms in total. The molecule has 1 heterocycles. The molecule has 0 fully saturated rings. The van der Waals surface area contributed by atoms with Gasteiger partial charge in [-0.05, 0) is 36.4 Å². The lowest BCUT2D eigenvalue weighted by Gasteiger charge is -2.06. The first kappa shape index (κ1) is 17.9. The van der Waals surface area contributed by atoms with Gasteiger partial charge in [0.1, 0.15) is 11.5 Å². The van der Waals surface area contributed by atoms with Gasteiger partial charge < -0.3 is 9.15 Å². The van der Waals surface area contributed by atoms with E-state index in [-0.39, 0.29) is 24.0 Å². The number of benzene rings is 3. The van der Waals surface area contributed by atoms with Crippen molar-refractivity contribution in [3.8, 4) is 23.0 Å². The van der Waals surface area contributed by atoms with E-state index in [0.717, 1.165) is 0 Å². The summed E-state index contributed by atoms with van der Waals surface area (Å²) >= 11 is 6.14. The quantitative estimate of drug-likeness (QED) is 0.400. The maximum Gasteiger partial charge on any atom is 0.249 e. The minimum atomic E-state index is -0.145. The van der Waals surface area contributed by atoms with Gasteiger partial charge in [0.25, 0.3) is 0 Å². The van der Waals surface area contributed by atoms with Gasteiger partial charge in [0, 0.05) is 5.56 Å². The number of carbonyl (C=O) groups is 1. The average molecular weight is 391 g/mol. The van der Waals surface area contributed by atoms with Crippen LogP contribution in [0, 0.1) is 0 Å². The molecule has 0 atom stereocenters. The van der Waals surface area contributed by atoms with Crippen LogP contribution in [-0.4, -0.2) is 16.0 Å². The van der Waals surface area contributed by atoms with Crippen LogP contribution in [0.15, 0.2) is 83.3 Å². The molecule has 6 heteroatoms. The summed E-state index contributed by atoms with van der Waals surface area (Å²) in [6.07, 6.45) is -0.00770. The molecular formula is C22H15ClN2O3. The fraction of sp³-hybridized carbons (Fsp3) is 0.0455. The molecular weight excluding hydrogens is 376 g/mol. The molecule has 0 bridgehead atoms. The highest BCUT2D eigenvalue weighted by Gasteiger charge is 2.16. The second-order valence-corrected chi connectivity index (χ2v) is 6.43. The standard InChI is InChI=1S/C22H15ClN2O3/c23-19-12-5-4-11-18(19)22-25-24-21(28-22)14-20(26)15-7-6-10-17(13-15)27-16-8-2-1-3-9-16/h1-13H,14H2. The third-order valence-electron chi connectivity index (χ3n) is 4.02. The van der Waals surface area contributed by atoms with Gasteiger partial charge in [-0.25, -0.2) is 0 Å². The van der Waals surface area contributed by atoms with E-state index in [2.05, 4.69) is 10.2 Å². The van der Waals surface area contributed by atoms with Gasteiger partial charge in [0.2, 0.25) is 11.8 Å². The number of Topliss-reactive ketones (excluding diaryl/α,β-unsaturated/α-hetero) is 1. The maximum atomic E-state index is 12.6. The Morgan fingerprint density at radius 3 is 2.46 bits per heavy atom. The Labute approximate surface area is 166 Å². The molecule has 4 rings (SSSR count). The minimum Gasteiger partial charge on any atom is -0.457 e. The third kappa shape index (κ3) is 4.10. The zero-order valence-electron chi connectivity index (χ0n) is 14.7. The van der Waals surface area contributed by atoms with Gasteiger partial charge in [-0.15, -0.1) is 10.2 Å². The van der Waals surface area contributed by atoms with Crippen molar-refractivity contribution in [3.05, 3.63) is 95.3 Å². The smallest absolute Gasteiger partial charge is 0.249 e. The molecule has 0 radical (unpaired) electrons. The highest BCUT2D eigenvalue weighted by molar-refractivity contribution is 6.33. The molecule has 0 aliphatic rings. The first-order valence-electron chi connectivity index (χ1n) is 8.62. The summed E-state index contributed by atoms with van der Waals surface area (Å²) in [5.41, 5.74) is 1.14. The van der Waals surface area contributed by atoms with Gasteiger partial charge in [-0.3, -0.25) is 4.79 Å². The van der Waals surface area contributed by atoms with Crippen molar-refractivity contribution in [1.29, 1.82) is 0 Å². The zero-order chi connectivity index (χ0) is 19.3. The SMILES string of the molecule is O=C(Cc1nnc(-c2ccccc2Cl)o1)c1cccc(Oc2ccccc2)c1.